The van der Waals surface area contributed by atoms with Gasteiger partial charge >= 0.3 is 0 Å². The molecule has 0 atom stereocenters. The van der Waals surface area contributed by atoms with Crippen LogP contribution in [0.5, 0.6) is 5.75 Å². The van der Waals surface area contributed by atoms with Crippen molar-refractivity contribution in [1.82, 2.24) is 15.0 Å². The second kappa shape index (κ2) is 8.96. The molecule has 0 aliphatic rings. The van der Waals surface area contributed by atoms with Crippen LogP contribution in [0.1, 0.15) is 21.5 Å². The Hall–Kier alpha value is -4.45. The first kappa shape index (κ1) is 20.5. The lowest BCUT2D eigenvalue weighted by atomic mass is 10.2. The molecule has 0 aliphatic heterocycles. The van der Waals surface area contributed by atoms with Crippen molar-refractivity contribution in [2.24, 2.45) is 0 Å². The minimum Gasteiger partial charge on any atom is -0.489 e. The Kier molecular flexibility index (Phi) is 5.55. The van der Waals surface area contributed by atoms with E-state index >= 15 is 0 Å². The van der Waals surface area contributed by atoms with E-state index in [1.807, 2.05) is 79.7 Å². The van der Waals surface area contributed by atoms with Crippen molar-refractivity contribution in [2.45, 2.75) is 13.5 Å². The molecule has 0 fully saturated rings. The summed E-state index contributed by atoms with van der Waals surface area (Å²) in [6, 6.07) is 30.5. The Bertz CT molecular complexity index is 1390. The second-order valence-corrected chi connectivity index (χ2v) is 7.78. The molecule has 0 radical (unpaired) electrons. The highest BCUT2D eigenvalue weighted by Gasteiger charge is 2.10. The number of hydrogen-bond donors (Lipinski definition) is 1. The smallest absolute Gasteiger partial charge is 0.255 e. The van der Waals surface area contributed by atoms with Crippen LogP contribution in [0.3, 0.4) is 0 Å². The third kappa shape index (κ3) is 4.75. The summed E-state index contributed by atoms with van der Waals surface area (Å²) in [6.07, 6.45) is 0. The first-order valence-corrected chi connectivity index (χ1v) is 10.7. The van der Waals surface area contributed by atoms with Gasteiger partial charge < -0.3 is 10.1 Å². The van der Waals surface area contributed by atoms with Crippen molar-refractivity contribution >= 4 is 22.6 Å². The van der Waals surface area contributed by atoms with Crippen LogP contribution in [0.4, 0.5) is 5.69 Å². The predicted octanol–water partition coefficient (Wildman–Crippen LogP) is 5.56. The molecule has 0 unspecified atom stereocenters. The quantitative estimate of drug-likeness (QED) is 0.380. The van der Waals surface area contributed by atoms with Crippen LogP contribution in [0.15, 0.2) is 97.1 Å². The molecular weight excluding hydrogens is 412 g/mol. The fourth-order valence-corrected chi connectivity index (χ4v) is 3.43. The van der Waals surface area contributed by atoms with Crippen molar-refractivity contribution in [3.8, 4) is 11.4 Å². The molecule has 0 aliphatic carbocycles. The Labute approximate surface area is 191 Å². The molecule has 33 heavy (non-hydrogen) atoms. The van der Waals surface area contributed by atoms with Gasteiger partial charge in [-0.1, -0.05) is 48.0 Å². The van der Waals surface area contributed by atoms with E-state index in [1.54, 1.807) is 29.1 Å². The van der Waals surface area contributed by atoms with E-state index in [0.29, 0.717) is 29.1 Å². The molecule has 1 N–H and O–H groups in total. The number of nitrogens with one attached hydrogen (secondary N) is 1. The lowest BCUT2D eigenvalue weighted by molar-refractivity contribution is 0.102. The molecule has 0 spiro atoms. The maximum absolute atomic E-state index is 12.7. The van der Waals surface area contributed by atoms with Gasteiger partial charge in [0.05, 0.1) is 5.69 Å². The number of aryl methyl sites for hydroxylation is 1. The number of rotatable bonds is 6. The Morgan fingerprint density at radius 1 is 0.848 bits per heavy atom. The fourth-order valence-electron chi connectivity index (χ4n) is 3.43. The van der Waals surface area contributed by atoms with E-state index in [2.05, 4.69) is 15.5 Å². The molecule has 1 amide bonds. The number of hydrogen-bond acceptors (Lipinski definition) is 4. The van der Waals surface area contributed by atoms with Crippen molar-refractivity contribution < 1.29 is 9.53 Å². The van der Waals surface area contributed by atoms with Crippen LogP contribution in [0.25, 0.3) is 16.7 Å². The van der Waals surface area contributed by atoms with Crippen LogP contribution in [-0.2, 0) is 6.61 Å². The molecule has 1 heterocycles. The van der Waals surface area contributed by atoms with E-state index in [-0.39, 0.29) is 5.91 Å². The summed E-state index contributed by atoms with van der Waals surface area (Å²) in [4.78, 5) is 14.3. The van der Waals surface area contributed by atoms with E-state index in [9.17, 15) is 4.79 Å². The van der Waals surface area contributed by atoms with E-state index in [4.69, 9.17) is 4.74 Å². The maximum Gasteiger partial charge on any atom is 0.255 e. The normalized spacial score (nSPS) is 10.8. The number of carbonyl (C=O) groups excluding carboxylic acids is 1. The highest BCUT2D eigenvalue weighted by atomic mass is 16.5. The van der Waals surface area contributed by atoms with E-state index in [1.165, 1.54) is 5.56 Å². The van der Waals surface area contributed by atoms with Crippen LogP contribution in [-0.4, -0.2) is 20.9 Å². The molecule has 5 rings (SSSR count). The van der Waals surface area contributed by atoms with Gasteiger partial charge in [0, 0.05) is 11.3 Å². The van der Waals surface area contributed by atoms with Gasteiger partial charge in [0.15, 0.2) is 0 Å². The van der Waals surface area contributed by atoms with Gasteiger partial charge in [-0.3, -0.25) is 4.79 Å². The number of aromatic nitrogens is 3. The van der Waals surface area contributed by atoms with Crippen molar-refractivity contribution in [3.63, 3.8) is 0 Å². The van der Waals surface area contributed by atoms with Crippen molar-refractivity contribution in [1.29, 1.82) is 0 Å². The molecule has 6 nitrogen and oxygen atoms in total. The third-order valence-electron chi connectivity index (χ3n) is 5.27. The summed E-state index contributed by atoms with van der Waals surface area (Å²) < 4.78 is 5.79. The van der Waals surface area contributed by atoms with Gasteiger partial charge in [-0.25, -0.2) is 0 Å². The van der Waals surface area contributed by atoms with Crippen molar-refractivity contribution in [3.05, 3.63) is 114 Å². The largest absolute Gasteiger partial charge is 0.489 e. The number of fused-ring (bicyclic) bond motifs is 1. The molecule has 162 valence electrons. The summed E-state index contributed by atoms with van der Waals surface area (Å²) in [5.74, 6) is 0.513. The SMILES string of the molecule is Cc1ccc(-n2nc3ccc(NC(=O)c4ccc(OCc5ccccc5)cc4)cc3n2)cc1. The highest BCUT2D eigenvalue weighted by molar-refractivity contribution is 6.05. The number of carbonyl (C=O) groups is 1. The standard InChI is InChI=1S/C27H22N4O2/c1-19-7-12-23(13-8-19)31-29-25-16-11-22(17-26(25)30-31)28-27(32)21-9-14-24(15-10-21)33-18-20-5-3-2-4-6-20/h2-17H,18H2,1H3,(H,28,32). The lowest BCUT2D eigenvalue weighted by Crippen LogP contribution is -2.11. The molecule has 6 heteroatoms. The lowest BCUT2D eigenvalue weighted by Gasteiger charge is -2.08. The average molecular weight is 434 g/mol. The minimum absolute atomic E-state index is 0.199. The Balaban J connectivity index is 1.26. The summed E-state index contributed by atoms with van der Waals surface area (Å²) >= 11 is 0. The Morgan fingerprint density at radius 3 is 2.33 bits per heavy atom. The average Bonchev–Trinajstić information content (AvgIpc) is 3.27. The first-order chi connectivity index (χ1) is 16.1. The summed E-state index contributed by atoms with van der Waals surface area (Å²) in [5.41, 5.74) is 5.83. The zero-order valence-corrected chi connectivity index (χ0v) is 18.1. The van der Waals surface area contributed by atoms with Crippen LogP contribution in [0, 0.1) is 6.92 Å². The summed E-state index contributed by atoms with van der Waals surface area (Å²) in [5, 5.41) is 12.0. The third-order valence-corrected chi connectivity index (χ3v) is 5.27. The van der Waals surface area contributed by atoms with Gasteiger partial charge in [0.2, 0.25) is 0 Å². The van der Waals surface area contributed by atoms with Crippen LogP contribution >= 0.6 is 0 Å². The van der Waals surface area contributed by atoms with Crippen LogP contribution < -0.4 is 10.1 Å². The van der Waals surface area contributed by atoms with Gasteiger partial charge in [-0.15, -0.1) is 10.2 Å². The number of ether oxygens (including phenoxy) is 1. The van der Waals surface area contributed by atoms with E-state index in [0.717, 1.165) is 16.8 Å². The number of benzene rings is 4. The fraction of sp³-hybridized carbons (Fsp3) is 0.0741. The molecular formula is C27H22N4O2. The summed E-state index contributed by atoms with van der Waals surface area (Å²) in [6.45, 7) is 2.52. The monoisotopic (exact) mass is 434 g/mol. The highest BCUT2D eigenvalue weighted by Crippen LogP contribution is 2.20. The zero-order chi connectivity index (χ0) is 22.6. The van der Waals surface area contributed by atoms with Gasteiger partial charge in [-0.05, 0) is 67.1 Å². The van der Waals surface area contributed by atoms with Crippen molar-refractivity contribution in [2.75, 3.05) is 5.32 Å². The topological polar surface area (TPSA) is 69.0 Å². The first-order valence-electron chi connectivity index (χ1n) is 10.7. The maximum atomic E-state index is 12.7. The molecule has 5 aromatic rings. The number of nitrogens with zero attached hydrogens (tertiary/aromatic N) is 3. The predicted molar refractivity (Wildman–Crippen MR) is 129 cm³/mol. The molecule has 0 saturated heterocycles. The molecule has 4 aromatic carbocycles. The van der Waals surface area contributed by atoms with Gasteiger partial charge in [0.1, 0.15) is 23.4 Å². The second-order valence-electron chi connectivity index (χ2n) is 7.78. The minimum atomic E-state index is -0.199. The van der Waals surface area contributed by atoms with Gasteiger partial charge in [0.25, 0.3) is 5.91 Å². The molecule has 0 bridgehead atoms. The zero-order valence-electron chi connectivity index (χ0n) is 18.1. The molecule has 1 aromatic heterocycles. The summed E-state index contributed by atoms with van der Waals surface area (Å²) in [7, 11) is 0. The Morgan fingerprint density at radius 2 is 1.58 bits per heavy atom. The van der Waals surface area contributed by atoms with E-state index < -0.39 is 0 Å². The van der Waals surface area contributed by atoms with Gasteiger partial charge in [-0.2, -0.15) is 4.80 Å². The van der Waals surface area contributed by atoms with Crippen LogP contribution in [0.2, 0.25) is 0 Å². The number of amides is 1. The number of anilines is 1. The molecule has 0 saturated carbocycles.